The molecule has 1 heterocycles. The standard InChI is InChI=1S/C19H22FNO2/c1-22-18-8-3-2-5-15(18)12-17(19-13-21-9-10-23-19)14-6-4-7-16(20)11-14/h2-8,11,17,19,21H,9-10,12-13H2,1H3/t17-,19?/m0/s1. The fraction of sp³-hybridized carbons (Fsp3) is 0.368. The van der Waals surface area contributed by atoms with Crippen molar-refractivity contribution in [3.63, 3.8) is 0 Å². The first-order chi connectivity index (χ1) is 11.3. The number of halogens is 1. The van der Waals surface area contributed by atoms with Gasteiger partial charge in [0.25, 0.3) is 0 Å². The number of para-hydroxylation sites is 1. The van der Waals surface area contributed by atoms with E-state index in [1.165, 1.54) is 6.07 Å². The maximum Gasteiger partial charge on any atom is 0.123 e. The molecule has 2 aromatic rings. The lowest BCUT2D eigenvalue weighted by Crippen LogP contribution is -2.42. The van der Waals surface area contributed by atoms with Crippen molar-refractivity contribution in [1.29, 1.82) is 0 Å². The highest BCUT2D eigenvalue weighted by Crippen LogP contribution is 2.31. The summed E-state index contributed by atoms with van der Waals surface area (Å²) in [5, 5.41) is 3.36. The van der Waals surface area contributed by atoms with E-state index in [1.54, 1.807) is 19.2 Å². The van der Waals surface area contributed by atoms with Gasteiger partial charge < -0.3 is 14.8 Å². The molecule has 2 atom stereocenters. The summed E-state index contributed by atoms with van der Waals surface area (Å²) in [6.07, 6.45) is 0.773. The minimum absolute atomic E-state index is 0.0236. The molecule has 1 N–H and O–H groups in total. The Bertz CT molecular complexity index is 641. The molecule has 23 heavy (non-hydrogen) atoms. The van der Waals surface area contributed by atoms with Crippen molar-refractivity contribution >= 4 is 0 Å². The van der Waals surface area contributed by atoms with Crippen LogP contribution in [0.2, 0.25) is 0 Å². The monoisotopic (exact) mass is 315 g/mol. The van der Waals surface area contributed by atoms with Gasteiger partial charge in [-0.2, -0.15) is 0 Å². The van der Waals surface area contributed by atoms with Crippen LogP contribution in [0.15, 0.2) is 48.5 Å². The van der Waals surface area contributed by atoms with Crippen molar-refractivity contribution in [2.24, 2.45) is 0 Å². The summed E-state index contributed by atoms with van der Waals surface area (Å²) in [5.74, 6) is 0.726. The molecule has 0 saturated carbocycles. The average Bonchev–Trinajstić information content (AvgIpc) is 2.60. The van der Waals surface area contributed by atoms with Crippen LogP contribution in [0.3, 0.4) is 0 Å². The molecule has 3 nitrogen and oxygen atoms in total. The average molecular weight is 315 g/mol. The van der Waals surface area contributed by atoms with Crippen molar-refractivity contribution in [1.82, 2.24) is 5.32 Å². The number of methoxy groups -OCH3 is 1. The zero-order chi connectivity index (χ0) is 16.1. The van der Waals surface area contributed by atoms with Crippen LogP contribution in [0.4, 0.5) is 4.39 Å². The Morgan fingerprint density at radius 3 is 2.87 bits per heavy atom. The molecule has 0 radical (unpaired) electrons. The third kappa shape index (κ3) is 3.89. The number of hydrogen-bond acceptors (Lipinski definition) is 3. The van der Waals surface area contributed by atoms with E-state index < -0.39 is 0 Å². The molecular weight excluding hydrogens is 293 g/mol. The Balaban J connectivity index is 1.91. The van der Waals surface area contributed by atoms with E-state index in [2.05, 4.69) is 11.4 Å². The normalized spacial score (nSPS) is 19.3. The Morgan fingerprint density at radius 1 is 1.26 bits per heavy atom. The van der Waals surface area contributed by atoms with Crippen LogP contribution in [0.5, 0.6) is 5.75 Å². The minimum Gasteiger partial charge on any atom is -0.496 e. The van der Waals surface area contributed by atoms with Gasteiger partial charge in [0.05, 0.1) is 19.8 Å². The van der Waals surface area contributed by atoms with Crippen LogP contribution in [-0.2, 0) is 11.2 Å². The van der Waals surface area contributed by atoms with Gasteiger partial charge in [-0.25, -0.2) is 4.39 Å². The Kier molecular flexibility index (Phi) is 5.26. The third-order valence-electron chi connectivity index (χ3n) is 4.31. The van der Waals surface area contributed by atoms with E-state index >= 15 is 0 Å². The lowest BCUT2D eigenvalue weighted by molar-refractivity contribution is 0.0109. The fourth-order valence-electron chi connectivity index (χ4n) is 3.15. The molecule has 0 amide bonds. The van der Waals surface area contributed by atoms with E-state index in [0.29, 0.717) is 6.61 Å². The van der Waals surface area contributed by atoms with Gasteiger partial charge in [-0.15, -0.1) is 0 Å². The molecule has 1 unspecified atom stereocenters. The number of ether oxygens (including phenoxy) is 2. The van der Waals surface area contributed by atoms with Crippen LogP contribution in [0.25, 0.3) is 0 Å². The molecule has 3 rings (SSSR count). The molecule has 0 spiro atoms. The summed E-state index contributed by atoms with van der Waals surface area (Å²) in [4.78, 5) is 0. The summed E-state index contributed by atoms with van der Waals surface area (Å²) in [7, 11) is 1.68. The first-order valence-corrected chi connectivity index (χ1v) is 7.97. The van der Waals surface area contributed by atoms with Crippen LogP contribution in [-0.4, -0.2) is 32.9 Å². The minimum atomic E-state index is -0.212. The van der Waals surface area contributed by atoms with Gasteiger partial charge in [0.15, 0.2) is 0 Å². The second kappa shape index (κ2) is 7.57. The highest BCUT2D eigenvalue weighted by atomic mass is 19.1. The highest BCUT2D eigenvalue weighted by Gasteiger charge is 2.27. The smallest absolute Gasteiger partial charge is 0.123 e. The molecule has 1 saturated heterocycles. The zero-order valence-corrected chi connectivity index (χ0v) is 13.3. The summed E-state index contributed by atoms with van der Waals surface area (Å²) < 4.78 is 25.1. The van der Waals surface area contributed by atoms with Crippen molar-refractivity contribution in [3.8, 4) is 5.75 Å². The molecule has 1 fully saturated rings. The number of rotatable bonds is 5. The van der Waals surface area contributed by atoms with Gasteiger partial charge in [0.1, 0.15) is 11.6 Å². The van der Waals surface area contributed by atoms with Gasteiger partial charge in [-0.3, -0.25) is 0 Å². The molecule has 2 aromatic carbocycles. The quantitative estimate of drug-likeness (QED) is 0.919. The van der Waals surface area contributed by atoms with Crippen molar-refractivity contribution < 1.29 is 13.9 Å². The summed E-state index contributed by atoms with van der Waals surface area (Å²) in [6, 6.07) is 14.8. The lowest BCUT2D eigenvalue weighted by Gasteiger charge is -2.32. The molecule has 1 aliphatic rings. The van der Waals surface area contributed by atoms with Gasteiger partial charge in [-0.05, 0) is 35.7 Å². The second-order valence-electron chi connectivity index (χ2n) is 5.79. The molecule has 0 aromatic heterocycles. The van der Waals surface area contributed by atoms with Crippen LogP contribution in [0.1, 0.15) is 17.0 Å². The molecule has 4 heteroatoms. The first kappa shape index (κ1) is 16.0. The van der Waals surface area contributed by atoms with Gasteiger partial charge in [-0.1, -0.05) is 30.3 Å². The number of benzene rings is 2. The highest BCUT2D eigenvalue weighted by molar-refractivity contribution is 5.36. The van der Waals surface area contributed by atoms with E-state index in [9.17, 15) is 4.39 Å². The van der Waals surface area contributed by atoms with E-state index in [1.807, 2.05) is 24.3 Å². The maximum atomic E-state index is 13.7. The Labute approximate surface area is 136 Å². The van der Waals surface area contributed by atoms with Crippen LogP contribution in [0, 0.1) is 5.82 Å². The van der Waals surface area contributed by atoms with E-state index in [4.69, 9.17) is 9.47 Å². The zero-order valence-electron chi connectivity index (χ0n) is 13.3. The van der Waals surface area contributed by atoms with E-state index in [-0.39, 0.29) is 17.8 Å². The largest absolute Gasteiger partial charge is 0.496 e. The Morgan fingerprint density at radius 2 is 2.13 bits per heavy atom. The molecule has 0 bridgehead atoms. The molecule has 1 aliphatic heterocycles. The summed E-state index contributed by atoms with van der Waals surface area (Å²) >= 11 is 0. The third-order valence-corrected chi connectivity index (χ3v) is 4.31. The van der Waals surface area contributed by atoms with E-state index in [0.717, 1.165) is 36.4 Å². The predicted molar refractivity (Wildman–Crippen MR) is 88.4 cm³/mol. The Hall–Kier alpha value is -1.91. The summed E-state index contributed by atoms with van der Waals surface area (Å²) in [5.41, 5.74) is 2.07. The fourth-order valence-corrected chi connectivity index (χ4v) is 3.15. The molecule has 0 aliphatic carbocycles. The van der Waals surface area contributed by atoms with Gasteiger partial charge in [0.2, 0.25) is 0 Å². The predicted octanol–water partition coefficient (Wildman–Crippen LogP) is 3.15. The molecular formula is C19H22FNO2. The maximum absolute atomic E-state index is 13.7. The van der Waals surface area contributed by atoms with Gasteiger partial charge in [0, 0.05) is 19.0 Å². The first-order valence-electron chi connectivity index (χ1n) is 7.97. The lowest BCUT2D eigenvalue weighted by atomic mass is 9.86. The van der Waals surface area contributed by atoms with Crippen molar-refractivity contribution in [2.75, 3.05) is 26.8 Å². The molecule has 122 valence electrons. The number of nitrogens with one attached hydrogen (secondary N) is 1. The topological polar surface area (TPSA) is 30.5 Å². The number of hydrogen-bond donors (Lipinski definition) is 1. The van der Waals surface area contributed by atoms with Crippen molar-refractivity contribution in [3.05, 3.63) is 65.5 Å². The van der Waals surface area contributed by atoms with Gasteiger partial charge >= 0.3 is 0 Å². The second-order valence-corrected chi connectivity index (χ2v) is 5.79. The SMILES string of the molecule is COc1ccccc1C[C@@H](c1cccc(F)c1)C1CNCCO1. The van der Waals surface area contributed by atoms with Crippen LogP contribution < -0.4 is 10.1 Å². The number of morpholine rings is 1. The van der Waals surface area contributed by atoms with Crippen LogP contribution >= 0.6 is 0 Å². The summed E-state index contributed by atoms with van der Waals surface area (Å²) in [6.45, 7) is 2.32. The van der Waals surface area contributed by atoms with Crippen molar-refractivity contribution in [2.45, 2.75) is 18.4 Å².